The van der Waals surface area contributed by atoms with Gasteiger partial charge in [0.05, 0.1) is 10.0 Å². The standard InChI is InChI=1S/C13H8Cl2INO2/c14-10-5-9(6-11(15)12(10)18)17-13(19)7-2-1-3-8(16)4-7/h1-6,18H,(H,17,19). The molecule has 0 atom stereocenters. The molecule has 0 saturated heterocycles. The van der Waals surface area contributed by atoms with Crippen LogP contribution in [0, 0.1) is 3.57 Å². The van der Waals surface area contributed by atoms with E-state index in [9.17, 15) is 9.90 Å². The number of amides is 1. The number of halogens is 3. The molecule has 2 aromatic carbocycles. The molecule has 0 aliphatic rings. The average Bonchev–Trinajstić information content (AvgIpc) is 2.36. The highest BCUT2D eigenvalue weighted by molar-refractivity contribution is 14.1. The van der Waals surface area contributed by atoms with E-state index in [1.165, 1.54) is 12.1 Å². The van der Waals surface area contributed by atoms with Crippen LogP contribution in [-0.2, 0) is 0 Å². The van der Waals surface area contributed by atoms with Crippen molar-refractivity contribution in [1.82, 2.24) is 0 Å². The lowest BCUT2D eigenvalue weighted by molar-refractivity contribution is 0.102. The van der Waals surface area contributed by atoms with Crippen molar-refractivity contribution in [2.45, 2.75) is 0 Å². The molecule has 0 unspecified atom stereocenters. The van der Waals surface area contributed by atoms with E-state index in [0.717, 1.165) is 3.57 Å². The molecule has 0 heterocycles. The van der Waals surface area contributed by atoms with Crippen molar-refractivity contribution in [3.05, 3.63) is 55.6 Å². The molecular formula is C13H8Cl2INO2. The number of benzene rings is 2. The van der Waals surface area contributed by atoms with Gasteiger partial charge in [0, 0.05) is 14.8 Å². The van der Waals surface area contributed by atoms with E-state index in [2.05, 4.69) is 27.9 Å². The Labute approximate surface area is 133 Å². The second-order valence-electron chi connectivity index (χ2n) is 3.75. The largest absolute Gasteiger partial charge is 0.505 e. The number of anilines is 1. The van der Waals surface area contributed by atoms with E-state index in [1.807, 2.05) is 6.07 Å². The third-order valence-electron chi connectivity index (χ3n) is 2.36. The highest BCUT2D eigenvalue weighted by atomic mass is 127. The van der Waals surface area contributed by atoms with Gasteiger partial charge in [0.15, 0.2) is 5.75 Å². The molecule has 98 valence electrons. The maximum atomic E-state index is 12.0. The van der Waals surface area contributed by atoms with Crippen molar-refractivity contribution in [2.75, 3.05) is 5.32 Å². The van der Waals surface area contributed by atoms with Crippen LogP contribution >= 0.6 is 45.8 Å². The SMILES string of the molecule is O=C(Nc1cc(Cl)c(O)c(Cl)c1)c1cccc(I)c1. The van der Waals surface area contributed by atoms with E-state index in [4.69, 9.17) is 23.2 Å². The monoisotopic (exact) mass is 407 g/mol. The molecule has 0 fully saturated rings. The summed E-state index contributed by atoms with van der Waals surface area (Å²) < 4.78 is 0.965. The van der Waals surface area contributed by atoms with Crippen molar-refractivity contribution in [3.8, 4) is 5.75 Å². The average molecular weight is 408 g/mol. The molecule has 2 N–H and O–H groups in total. The molecule has 0 saturated carbocycles. The van der Waals surface area contributed by atoms with Crippen molar-refractivity contribution in [3.63, 3.8) is 0 Å². The van der Waals surface area contributed by atoms with Gasteiger partial charge in [-0.2, -0.15) is 0 Å². The van der Waals surface area contributed by atoms with E-state index in [0.29, 0.717) is 11.3 Å². The highest BCUT2D eigenvalue weighted by Crippen LogP contribution is 2.34. The molecule has 3 nitrogen and oxygen atoms in total. The van der Waals surface area contributed by atoms with Gasteiger partial charge in [0.1, 0.15) is 0 Å². The van der Waals surface area contributed by atoms with Gasteiger partial charge >= 0.3 is 0 Å². The molecule has 0 spiro atoms. The third kappa shape index (κ3) is 3.52. The first kappa shape index (κ1) is 14.4. The first-order chi connectivity index (χ1) is 8.97. The van der Waals surface area contributed by atoms with Gasteiger partial charge in [-0.05, 0) is 52.9 Å². The Hall–Kier alpha value is -0.980. The summed E-state index contributed by atoms with van der Waals surface area (Å²) in [6, 6.07) is 10.0. The second-order valence-corrected chi connectivity index (χ2v) is 5.81. The number of carbonyl (C=O) groups is 1. The molecule has 1 amide bonds. The summed E-state index contributed by atoms with van der Waals surface area (Å²) >= 11 is 13.7. The molecule has 6 heteroatoms. The zero-order chi connectivity index (χ0) is 14.0. The molecule has 0 aliphatic carbocycles. The minimum absolute atomic E-state index is 0.0884. The fourth-order valence-corrected chi connectivity index (χ4v) is 2.50. The van der Waals surface area contributed by atoms with Gasteiger partial charge in [0.2, 0.25) is 0 Å². The molecule has 0 aliphatic heterocycles. The number of aromatic hydroxyl groups is 1. The van der Waals surface area contributed by atoms with E-state index < -0.39 is 0 Å². The predicted octanol–water partition coefficient (Wildman–Crippen LogP) is 4.56. The number of rotatable bonds is 2. The Morgan fingerprint density at radius 3 is 2.37 bits per heavy atom. The summed E-state index contributed by atoms with van der Waals surface area (Å²) in [5.74, 6) is -0.466. The van der Waals surface area contributed by atoms with Crippen LogP contribution in [0.25, 0.3) is 0 Å². The minimum atomic E-state index is -0.267. The quantitative estimate of drug-likeness (QED) is 0.566. The second kappa shape index (κ2) is 5.98. The van der Waals surface area contributed by atoms with Crippen LogP contribution in [0.4, 0.5) is 5.69 Å². The number of nitrogens with one attached hydrogen (secondary N) is 1. The summed E-state index contributed by atoms with van der Waals surface area (Å²) in [4.78, 5) is 12.0. The lowest BCUT2D eigenvalue weighted by atomic mass is 10.2. The van der Waals surface area contributed by atoms with Gasteiger partial charge in [-0.15, -0.1) is 0 Å². The number of carbonyl (C=O) groups excluding carboxylic acids is 1. The van der Waals surface area contributed by atoms with Crippen LogP contribution in [0.15, 0.2) is 36.4 Å². The van der Waals surface area contributed by atoms with Gasteiger partial charge in [-0.1, -0.05) is 29.3 Å². The molecule has 2 aromatic rings. The molecule has 2 rings (SSSR count). The van der Waals surface area contributed by atoms with Crippen LogP contribution in [-0.4, -0.2) is 11.0 Å². The highest BCUT2D eigenvalue weighted by Gasteiger charge is 2.10. The number of phenolic OH excluding ortho intramolecular Hbond substituents is 1. The van der Waals surface area contributed by atoms with E-state index >= 15 is 0 Å². The van der Waals surface area contributed by atoms with Crippen molar-refractivity contribution in [1.29, 1.82) is 0 Å². The number of hydrogen-bond acceptors (Lipinski definition) is 2. The van der Waals surface area contributed by atoms with Crippen molar-refractivity contribution in [2.24, 2.45) is 0 Å². The Bertz CT molecular complexity index is 623. The van der Waals surface area contributed by atoms with Gasteiger partial charge in [-0.3, -0.25) is 4.79 Å². The van der Waals surface area contributed by atoms with Crippen LogP contribution in [0.5, 0.6) is 5.75 Å². The molecule has 0 aromatic heterocycles. The summed E-state index contributed by atoms with van der Waals surface area (Å²) in [5.41, 5.74) is 0.962. The first-order valence-electron chi connectivity index (χ1n) is 5.22. The Balaban J connectivity index is 2.24. The first-order valence-corrected chi connectivity index (χ1v) is 7.06. The Kier molecular flexibility index (Phi) is 4.54. The van der Waals surface area contributed by atoms with Gasteiger partial charge in [-0.25, -0.2) is 0 Å². The van der Waals surface area contributed by atoms with Crippen LogP contribution in [0.3, 0.4) is 0 Å². The minimum Gasteiger partial charge on any atom is -0.505 e. The summed E-state index contributed by atoms with van der Waals surface area (Å²) in [5, 5.41) is 12.3. The predicted molar refractivity (Wildman–Crippen MR) is 85.2 cm³/mol. The Morgan fingerprint density at radius 2 is 1.79 bits per heavy atom. The number of phenols is 1. The fraction of sp³-hybridized carbons (Fsp3) is 0. The molecular weight excluding hydrogens is 400 g/mol. The van der Waals surface area contributed by atoms with Crippen molar-refractivity contribution < 1.29 is 9.90 Å². The maximum Gasteiger partial charge on any atom is 0.255 e. The third-order valence-corrected chi connectivity index (χ3v) is 3.61. The van der Waals surface area contributed by atoms with E-state index in [1.54, 1.807) is 18.2 Å². The fourth-order valence-electron chi connectivity index (χ4n) is 1.47. The van der Waals surface area contributed by atoms with Crippen molar-refractivity contribution >= 4 is 57.4 Å². The topological polar surface area (TPSA) is 49.3 Å². The van der Waals surface area contributed by atoms with E-state index in [-0.39, 0.29) is 21.7 Å². The zero-order valence-electron chi connectivity index (χ0n) is 9.45. The molecule has 19 heavy (non-hydrogen) atoms. The molecule has 0 bridgehead atoms. The summed E-state index contributed by atoms with van der Waals surface area (Å²) in [7, 11) is 0. The van der Waals surface area contributed by atoms with Crippen LogP contribution in [0.2, 0.25) is 10.0 Å². The maximum absolute atomic E-state index is 12.0. The van der Waals surface area contributed by atoms with Crippen LogP contribution in [0.1, 0.15) is 10.4 Å². The summed E-state index contributed by atoms with van der Waals surface area (Å²) in [6.45, 7) is 0. The van der Waals surface area contributed by atoms with Crippen LogP contribution < -0.4 is 5.32 Å². The Morgan fingerprint density at radius 1 is 1.16 bits per heavy atom. The smallest absolute Gasteiger partial charge is 0.255 e. The lowest BCUT2D eigenvalue weighted by Gasteiger charge is -2.08. The zero-order valence-corrected chi connectivity index (χ0v) is 13.1. The number of hydrogen-bond donors (Lipinski definition) is 2. The van der Waals surface area contributed by atoms with Gasteiger partial charge in [0.25, 0.3) is 5.91 Å². The van der Waals surface area contributed by atoms with Gasteiger partial charge < -0.3 is 10.4 Å². The lowest BCUT2D eigenvalue weighted by Crippen LogP contribution is -2.11. The normalized spacial score (nSPS) is 10.3. The summed E-state index contributed by atoms with van der Waals surface area (Å²) in [6.07, 6.45) is 0. The molecule has 0 radical (unpaired) electrons.